The van der Waals surface area contributed by atoms with Crippen molar-refractivity contribution in [1.82, 2.24) is 20.1 Å². The van der Waals surface area contributed by atoms with Gasteiger partial charge >= 0.3 is 5.69 Å². The van der Waals surface area contributed by atoms with E-state index in [1.807, 2.05) is 0 Å². The van der Waals surface area contributed by atoms with Crippen LogP contribution in [-0.2, 0) is 11.8 Å². The highest BCUT2D eigenvalue weighted by Crippen LogP contribution is 2.18. The average Bonchev–Trinajstić information content (AvgIpc) is 2.65. The number of thioether (sulfide) groups is 1. The standard InChI is InChI=1S/C10H19N5O2S/c1-10(12-2,7(11)16)5-4-6-18-9-14-13-8(17)15(9)3/h12H,4-6H2,1-3H3,(H2,11,16)(H,13,17). The first-order chi connectivity index (χ1) is 8.40. The Balaban J connectivity index is 2.41. The van der Waals surface area contributed by atoms with E-state index >= 15 is 0 Å². The van der Waals surface area contributed by atoms with Crippen molar-refractivity contribution in [2.24, 2.45) is 12.8 Å². The zero-order valence-corrected chi connectivity index (χ0v) is 11.6. The zero-order valence-electron chi connectivity index (χ0n) is 10.8. The van der Waals surface area contributed by atoms with Gasteiger partial charge in [0.1, 0.15) is 0 Å². The summed E-state index contributed by atoms with van der Waals surface area (Å²) in [5, 5.41) is 9.83. The number of rotatable bonds is 7. The smallest absolute Gasteiger partial charge is 0.343 e. The molecule has 8 heteroatoms. The van der Waals surface area contributed by atoms with E-state index < -0.39 is 5.54 Å². The van der Waals surface area contributed by atoms with Gasteiger partial charge in [-0.2, -0.15) is 0 Å². The number of aromatic nitrogens is 3. The van der Waals surface area contributed by atoms with Crippen molar-refractivity contribution in [2.45, 2.75) is 30.5 Å². The average molecular weight is 273 g/mol. The molecule has 1 aromatic heterocycles. The summed E-state index contributed by atoms with van der Waals surface area (Å²) in [4.78, 5) is 22.4. The molecule has 1 atom stereocenters. The molecule has 0 aromatic carbocycles. The maximum Gasteiger partial charge on any atom is 0.343 e. The fraction of sp³-hybridized carbons (Fsp3) is 0.700. The number of primary amides is 1. The minimum Gasteiger partial charge on any atom is -0.368 e. The van der Waals surface area contributed by atoms with Crippen LogP contribution in [0.5, 0.6) is 0 Å². The van der Waals surface area contributed by atoms with Crippen LogP contribution in [0.2, 0.25) is 0 Å². The maximum atomic E-state index is 11.3. The minimum absolute atomic E-state index is 0.227. The highest BCUT2D eigenvalue weighted by molar-refractivity contribution is 7.99. The van der Waals surface area contributed by atoms with Crippen molar-refractivity contribution < 1.29 is 4.79 Å². The summed E-state index contributed by atoms with van der Waals surface area (Å²) in [7, 11) is 3.38. The molecule has 0 aliphatic rings. The van der Waals surface area contributed by atoms with Crippen molar-refractivity contribution in [3.8, 4) is 0 Å². The molecule has 1 aromatic rings. The summed E-state index contributed by atoms with van der Waals surface area (Å²) in [5.74, 6) is 0.407. The van der Waals surface area contributed by atoms with Crippen LogP contribution in [0.15, 0.2) is 9.95 Å². The fourth-order valence-electron chi connectivity index (χ4n) is 1.42. The number of H-pyrrole nitrogens is 1. The van der Waals surface area contributed by atoms with E-state index in [2.05, 4.69) is 15.5 Å². The maximum absolute atomic E-state index is 11.3. The van der Waals surface area contributed by atoms with Crippen LogP contribution in [0.1, 0.15) is 19.8 Å². The molecule has 0 aliphatic carbocycles. The Kier molecular flexibility index (Phi) is 4.97. The number of aromatic amines is 1. The van der Waals surface area contributed by atoms with Gasteiger partial charge in [0.25, 0.3) is 0 Å². The predicted molar refractivity (Wildman–Crippen MR) is 70.4 cm³/mol. The van der Waals surface area contributed by atoms with E-state index in [4.69, 9.17) is 5.73 Å². The van der Waals surface area contributed by atoms with E-state index in [-0.39, 0.29) is 11.6 Å². The molecule has 4 N–H and O–H groups in total. The number of nitrogens with one attached hydrogen (secondary N) is 2. The summed E-state index contributed by atoms with van der Waals surface area (Å²) in [6.07, 6.45) is 1.44. The van der Waals surface area contributed by atoms with Gasteiger partial charge in [-0.05, 0) is 26.8 Å². The number of amides is 1. The van der Waals surface area contributed by atoms with Crippen molar-refractivity contribution in [2.75, 3.05) is 12.8 Å². The van der Waals surface area contributed by atoms with Gasteiger partial charge in [0.2, 0.25) is 5.91 Å². The molecule has 1 rings (SSSR count). The monoisotopic (exact) mass is 273 g/mol. The lowest BCUT2D eigenvalue weighted by atomic mass is 9.96. The van der Waals surface area contributed by atoms with Crippen molar-refractivity contribution in [3.05, 3.63) is 10.5 Å². The van der Waals surface area contributed by atoms with Gasteiger partial charge in [-0.1, -0.05) is 11.8 Å². The predicted octanol–water partition coefficient (Wildman–Crippen LogP) is -0.556. The van der Waals surface area contributed by atoms with E-state index in [0.717, 1.165) is 12.2 Å². The second kappa shape index (κ2) is 6.05. The van der Waals surface area contributed by atoms with Crippen LogP contribution in [-0.4, -0.2) is 39.0 Å². The van der Waals surface area contributed by atoms with Gasteiger partial charge < -0.3 is 11.1 Å². The molecule has 18 heavy (non-hydrogen) atoms. The molecule has 1 amide bonds. The molecule has 7 nitrogen and oxygen atoms in total. The molecule has 0 spiro atoms. The highest BCUT2D eigenvalue weighted by atomic mass is 32.2. The first kappa shape index (κ1) is 14.8. The van der Waals surface area contributed by atoms with Crippen molar-refractivity contribution in [1.29, 1.82) is 0 Å². The van der Waals surface area contributed by atoms with Crippen LogP contribution in [0, 0.1) is 0 Å². The van der Waals surface area contributed by atoms with Gasteiger partial charge in [0, 0.05) is 12.8 Å². The lowest BCUT2D eigenvalue weighted by molar-refractivity contribution is -0.123. The Morgan fingerprint density at radius 3 is 2.78 bits per heavy atom. The lowest BCUT2D eigenvalue weighted by Gasteiger charge is -2.25. The van der Waals surface area contributed by atoms with Gasteiger partial charge in [0.05, 0.1) is 5.54 Å². The second-order valence-corrected chi connectivity index (χ2v) is 5.33. The van der Waals surface area contributed by atoms with E-state index in [9.17, 15) is 9.59 Å². The quantitative estimate of drug-likeness (QED) is 0.456. The summed E-state index contributed by atoms with van der Waals surface area (Å²) < 4.78 is 1.45. The molecule has 0 fully saturated rings. The van der Waals surface area contributed by atoms with E-state index in [1.54, 1.807) is 21.0 Å². The minimum atomic E-state index is -0.683. The number of carbonyl (C=O) groups is 1. The topological polar surface area (TPSA) is 106 Å². The Morgan fingerprint density at radius 2 is 2.33 bits per heavy atom. The van der Waals surface area contributed by atoms with Crippen LogP contribution < -0.4 is 16.7 Å². The largest absolute Gasteiger partial charge is 0.368 e. The molecule has 0 saturated heterocycles. The SMILES string of the molecule is CNC(C)(CCCSc1n[nH]c(=O)n1C)C(N)=O. The third-order valence-electron chi connectivity index (χ3n) is 2.99. The lowest BCUT2D eigenvalue weighted by Crippen LogP contribution is -2.51. The Bertz CT molecular complexity index is 469. The second-order valence-electron chi connectivity index (χ2n) is 4.27. The van der Waals surface area contributed by atoms with Crippen LogP contribution >= 0.6 is 11.8 Å². The fourth-order valence-corrected chi connectivity index (χ4v) is 2.28. The van der Waals surface area contributed by atoms with Gasteiger partial charge in [0.15, 0.2) is 5.16 Å². The molecule has 1 unspecified atom stereocenters. The molecule has 102 valence electrons. The summed E-state index contributed by atoms with van der Waals surface area (Å²) in [5.41, 5.74) is 4.42. The summed E-state index contributed by atoms with van der Waals surface area (Å²) in [6, 6.07) is 0. The summed E-state index contributed by atoms with van der Waals surface area (Å²) >= 11 is 1.47. The zero-order chi connectivity index (χ0) is 13.8. The van der Waals surface area contributed by atoms with Crippen molar-refractivity contribution >= 4 is 17.7 Å². The normalized spacial score (nSPS) is 14.4. The molecule has 0 aliphatic heterocycles. The molecular formula is C10H19N5O2S. The van der Waals surface area contributed by atoms with Crippen LogP contribution in [0.3, 0.4) is 0 Å². The van der Waals surface area contributed by atoms with E-state index in [0.29, 0.717) is 11.6 Å². The number of hydrogen-bond donors (Lipinski definition) is 3. The van der Waals surface area contributed by atoms with Gasteiger partial charge in [-0.3, -0.25) is 9.36 Å². The molecule has 0 saturated carbocycles. The Hall–Kier alpha value is -1.28. The first-order valence-electron chi connectivity index (χ1n) is 5.63. The Morgan fingerprint density at radius 1 is 1.67 bits per heavy atom. The van der Waals surface area contributed by atoms with Crippen molar-refractivity contribution in [3.63, 3.8) is 0 Å². The third-order valence-corrected chi connectivity index (χ3v) is 4.10. The molecule has 1 heterocycles. The van der Waals surface area contributed by atoms with Crippen LogP contribution in [0.4, 0.5) is 0 Å². The number of hydrogen-bond acceptors (Lipinski definition) is 5. The van der Waals surface area contributed by atoms with Gasteiger partial charge in [-0.15, -0.1) is 5.10 Å². The third kappa shape index (κ3) is 3.36. The highest BCUT2D eigenvalue weighted by Gasteiger charge is 2.27. The molecular weight excluding hydrogens is 254 g/mol. The molecule has 0 radical (unpaired) electrons. The van der Waals surface area contributed by atoms with Crippen LogP contribution in [0.25, 0.3) is 0 Å². The number of nitrogens with two attached hydrogens (primary N) is 1. The number of likely N-dealkylation sites (N-methyl/N-ethyl adjacent to an activating group) is 1. The Labute approximate surface area is 110 Å². The number of carbonyl (C=O) groups excluding carboxylic acids is 1. The van der Waals surface area contributed by atoms with E-state index in [1.165, 1.54) is 16.3 Å². The first-order valence-corrected chi connectivity index (χ1v) is 6.62. The molecule has 0 bridgehead atoms. The summed E-state index contributed by atoms with van der Waals surface area (Å²) in [6.45, 7) is 1.78. The van der Waals surface area contributed by atoms with Gasteiger partial charge in [-0.25, -0.2) is 9.89 Å². The number of nitrogens with zero attached hydrogens (tertiary/aromatic N) is 2.